The van der Waals surface area contributed by atoms with Crippen LogP contribution in [-0.4, -0.2) is 24.5 Å². The molecule has 2 aliphatic rings. The van der Waals surface area contributed by atoms with E-state index in [2.05, 4.69) is 33.5 Å². The molecule has 1 aromatic rings. The highest BCUT2D eigenvalue weighted by atomic mass is 79.9. The van der Waals surface area contributed by atoms with Crippen molar-refractivity contribution in [3.8, 4) is 0 Å². The van der Waals surface area contributed by atoms with E-state index in [9.17, 15) is 4.79 Å². The molecule has 1 saturated carbocycles. The molecule has 3 rings (SSSR count). The standard InChI is InChI=1S/C18H23BrN2O/c1-2-20-12-15-16(13-6-8-14(19)9-7-13)17(22)21-18(15)10-4-3-5-11-18/h6-9,20H,2-5,10-12H2,1H3,(H,21,22). The number of nitrogens with one attached hydrogen (secondary N) is 2. The highest BCUT2D eigenvalue weighted by Crippen LogP contribution is 2.42. The molecule has 1 fully saturated rings. The van der Waals surface area contributed by atoms with Gasteiger partial charge in [0.05, 0.1) is 5.54 Å². The maximum absolute atomic E-state index is 12.7. The van der Waals surface area contributed by atoms with E-state index in [-0.39, 0.29) is 11.4 Å². The quantitative estimate of drug-likeness (QED) is 0.858. The fourth-order valence-corrected chi connectivity index (χ4v) is 4.01. The molecule has 1 amide bonds. The Kier molecular flexibility index (Phi) is 4.69. The number of hydrogen-bond donors (Lipinski definition) is 2. The van der Waals surface area contributed by atoms with Gasteiger partial charge in [-0.05, 0) is 42.7 Å². The number of hydrogen-bond acceptors (Lipinski definition) is 2. The van der Waals surface area contributed by atoms with Crippen LogP contribution in [0.3, 0.4) is 0 Å². The van der Waals surface area contributed by atoms with Crippen LogP contribution in [0.5, 0.6) is 0 Å². The Morgan fingerprint density at radius 1 is 1.18 bits per heavy atom. The van der Waals surface area contributed by atoms with Gasteiger partial charge < -0.3 is 10.6 Å². The molecule has 1 aliphatic carbocycles. The number of likely N-dealkylation sites (N-methyl/N-ethyl adjacent to an activating group) is 1. The third-order valence-corrected chi connectivity index (χ3v) is 5.38. The predicted molar refractivity (Wildman–Crippen MR) is 93.6 cm³/mol. The Morgan fingerprint density at radius 2 is 1.86 bits per heavy atom. The Bertz CT molecular complexity index is 586. The molecule has 0 radical (unpaired) electrons. The first-order valence-electron chi connectivity index (χ1n) is 8.19. The second-order valence-electron chi connectivity index (χ2n) is 6.24. The van der Waals surface area contributed by atoms with Gasteiger partial charge in [0.15, 0.2) is 0 Å². The average molecular weight is 363 g/mol. The summed E-state index contributed by atoms with van der Waals surface area (Å²) in [5, 5.41) is 6.76. The minimum absolute atomic E-state index is 0.0946. The van der Waals surface area contributed by atoms with Crippen LogP contribution in [0.1, 0.15) is 44.6 Å². The lowest BCUT2D eigenvalue weighted by Gasteiger charge is -2.36. The first-order valence-corrected chi connectivity index (χ1v) is 8.98. The third-order valence-electron chi connectivity index (χ3n) is 4.85. The Balaban J connectivity index is 2.05. The summed E-state index contributed by atoms with van der Waals surface area (Å²) in [5.74, 6) is 0.0946. The summed E-state index contributed by atoms with van der Waals surface area (Å²) in [7, 11) is 0. The fraction of sp³-hybridized carbons (Fsp3) is 0.500. The van der Waals surface area contributed by atoms with E-state index >= 15 is 0 Å². The Morgan fingerprint density at radius 3 is 2.50 bits per heavy atom. The summed E-state index contributed by atoms with van der Waals surface area (Å²) < 4.78 is 1.04. The van der Waals surface area contributed by atoms with Gasteiger partial charge in [0.25, 0.3) is 5.91 Å². The van der Waals surface area contributed by atoms with Crippen molar-refractivity contribution >= 4 is 27.4 Å². The van der Waals surface area contributed by atoms with E-state index in [0.717, 1.165) is 41.5 Å². The summed E-state index contributed by atoms with van der Waals surface area (Å²) in [4.78, 5) is 12.7. The van der Waals surface area contributed by atoms with E-state index < -0.39 is 0 Å². The minimum atomic E-state index is -0.111. The third kappa shape index (κ3) is 2.86. The van der Waals surface area contributed by atoms with Crippen molar-refractivity contribution in [2.75, 3.05) is 13.1 Å². The van der Waals surface area contributed by atoms with Crippen molar-refractivity contribution in [1.82, 2.24) is 10.6 Å². The van der Waals surface area contributed by atoms with Gasteiger partial charge in [-0.15, -0.1) is 0 Å². The predicted octanol–water partition coefficient (Wildman–Crippen LogP) is 3.64. The second kappa shape index (κ2) is 6.55. The summed E-state index contributed by atoms with van der Waals surface area (Å²) in [5.41, 5.74) is 3.06. The number of rotatable bonds is 4. The van der Waals surface area contributed by atoms with Gasteiger partial charge >= 0.3 is 0 Å². The van der Waals surface area contributed by atoms with Gasteiger partial charge in [-0.2, -0.15) is 0 Å². The SMILES string of the molecule is CCNCC1=C(c2ccc(Br)cc2)C(=O)NC12CCCCC2. The van der Waals surface area contributed by atoms with Crippen LogP contribution in [0.15, 0.2) is 34.3 Å². The lowest BCUT2D eigenvalue weighted by molar-refractivity contribution is -0.116. The normalized spacial score (nSPS) is 20.5. The van der Waals surface area contributed by atoms with Gasteiger partial charge in [0.2, 0.25) is 0 Å². The van der Waals surface area contributed by atoms with Crippen LogP contribution in [0.2, 0.25) is 0 Å². The van der Waals surface area contributed by atoms with Crippen LogP contribution in [0, 0.1) is 0 Å². The molecule has 0 saturated heterocycles. The topological polar surface area (TPSA) is 41.1 Å². The first kappa shape index (κ1) is 15.8. The number of amides is 1. The minimum Gasteiger partial charge on any atom is -0.343 e. The Labute approximate surface area is 140 Å². The number of carbonyl (C=O) groups excluding carboxylic acids is 1. The maximum Gasteiger partial charge on any atom is 0.252 e. The zero-order valence-electron chi connectivity index (χ0n) is 13.0. The molecule has 0 atom stereocenters. The molecule has 118 valence electrons. The molecular formula is C18H23BrN2O. The molecule has 1 aliphatic heterocycles. The van der Waals surface area contributed by atoms with Gasteiger partial charge in [-0.25, -0.2) is 0 Å². The van der Waals surface area contributed by atoms with Crippen molar-refractivity contribution in [3.63, 3.8) is 0 Å². The van der Waals surface area contributed by atoms with Crippen LogP contribution in [0.25, 0.3) is 5.57 Å². The number of benzene rings is 1. The van der Waals surface area contributed by atoms with Crippen LogP contribution in [0.4, 0.5) is 0 Å². The summed E-state index contributed by atoms with van der Waals surface area (Å²) >= 11 is 3.47. The molecule has 2 N–H and O–H groups in total. The average Bonchev–Trinajstić information content (AvgIpc) is 2.78. The number of halogens is 1. The fourth-order valence-electron chi connectivity index (χ4n) is 3.74. The zero-order chi connectivity index (χ0) is 15.6. The lowest BCUT2D eigenvalue weighted by Crippen LogP contribution is -2.47. The largest absolute Gasteiger partial charge is 0.343 e. The highest BCUT2D eigenvalue weighted by molar-refractivity contribution is 9.10. The van der Waals surface area contributed by atoms with Crippen molar-refractivity contribution < 1.29 is 4.79 Å². The molecule has 1 heterocycles. The molecule has 22 heavy (non-hydrogen) atoms. The van der Waals surface area contributed by atoms with E-state index in [4.69, 9.17) is 0 Å². The van der Waals surface area contributed by atoms with Crippen molar-refractivity contribution in [3.05, 3.63) is 39.9 Å². The number of carbonyl (C=O) groups is 1. The molecular weight excluding hydrogens is 340 g/mol. The van der Waals surface area contributed by atoms with Crippen molar-refractivity contribution in [2.24, 2.45) is 0 Å². The van der Waals surface area contributed by atoms with Crippen molar-refractivity contribution in [2.45, 2.75) is 44.6 Å². The summed E-state index contributed by atoms with van der Waals surface area (Å²) in [6.45, 7) is 3.82. The maximum atomic E-state index is 12.7. The van der Waals surface area contributed by atoms with Crippen LogP contribution >= 0.6 is 15.9 Å². The zero-order valence-corrected chi connectivity index (χ0v) is 14.6. The highest BCUT2D eigenvalue weighted by Gasteiger charge is 2.45. The molecule has 0 bridgehead atoms. The van der Waals surface area contributed by atoms with Gasteiger partial charge in [-0.3, -0.25) is 4.79 Å². The molecule has 0 aromatic heterocycles. The molecule has 4 heteroatoms. The summed E-state index contributed by atoms with van der Waals surface area (Å²) in [6, 6.07) is 8.08. The lowest BCUT2D eigenvalue weighted by atomic mass is 9.76. The van der Waals surface area contributed by atoms with E-state index in [1.165, 1.54) is 24.8 Å². The summed E-state index contributed by atoms with van der Waals surface area (Å²) in [6.07, 6.45) is 5.81. The van der Waals surface area contributed by atoms with Crippen LogP contribution in [-0.2, 0) is 4.79 Å². The van der Waals surface area contributed by atoms with Gasteiger partial charge in [0.1, 0.15) is 0 Å². The van der Waals surface area contributed by atoms with Gasteiger partial charge in [0, 0.05) is 16.6 Å². The second-order valence-corrected chi connectivity index (χ2v) is 7.15. The van der Waals surface area contributed by atoms with E-state index in [1.54, 1.807) is 0 Å². The Hall–Kier alpha value is -1.13. The van der Waals surface area contributed by atoms with E-state index in [1.807, 2.05) is 24.3 Å². The molecule has 1 spiro atoms. The van der Waals surface area contributed by atoms with Gasteiger partial charge in [-0.1, -0.05) is 54.2 Å². The van der Waals surface area contributed by atoms with E-state index in [0.29, 0.717) is 0 Å². The smallest absolute Gasteiger partial charge is 0.252 e. The van der Waals surface area contributed by atoms with Crippen LogP contribution < -0.4 is 10.6 Å². The molecule has 3 nitrogen and oxygen atoms in total. The first-order chi connectivity index (χ1) is 10.7. The van der Waals surface area contributed by atoms with Crippen molar-refractivity contribution in [1.29, 1.82) is 0 Å². The monoisotopic (exact) mass is 362 g/mol. The molecule has 1 aromatic carbocycles. The molecule has 0 unspecified atom stereocenters.